The highest BCUT2D eigenvalue weighted by Gasteiger charge is 2.26. The molecule has 2 aromatic heterocycles. The molecule has 0 spiro atoms. The van der Waals surface area contributed by atoms with Crippen LogP contribution in [0, 0.1) is 0 Å². The topological polar surface area (TPSA) is 79.4 Å². The Morgan fingerprint density at radius 3 is 2.60 bits per heavy atom. The highest BCUT2D eigenvalue weighted by molar-refractivity contribution is 6.31. The van der Waals surface area contributed by atoms with E-state index in [2.05, 4.69) is 25.5 Å². The van der Waals surface area contributed by atoms with Crippen molar-refractivity contribution in [2.75, 3.05) is 41.8 Å². The summed E-state index contributed by atoms with van der Waals surface area (Å²) in [5.74, 6) is 1.33. The summed E-state index contributed by atoms with van der Waals surface area (Å²) in [6.07, 6.45) is 5.26. The smallest absolute Gasteiger partial charge is 0.259 e. The van der Waals surface area contributed by atoms with Gasteiger partial charge in [0.05, 0.1) is 30.7 Å². The Bertz CT molecular complexity index is 1090. The molecule has 0 unspecified atom stereocenters. The molecule has 4 heterocycles. The lowest BCUT2D eigenvalue weighted by atomic mass is 10.0. The van der Waals surface area contributed by atoms with E-state index in [-0.39, 0.29) is 5.91 Å². The first-order valence-corrected chi connectivity index (χ1v) is 9.90. The fourth-order valence-corrected chi connectivity index (χ4v) is 3.61. The zero-order valence-electron chi connectivity index (χ0n) is 16.3. The monoisotopic (exact) mass is 399 g/mol. The maximum Gasteiger partial charge on any atom is 0.259 e. The van der Waals surface area contributed by atoms with Crippen molar-refractivity contribution in [1.29, 1.82) is 0 Å². The zero-order chi connectivity index (χ0) is 20.3. The number of fused-ring (bicyclic) bond motifs is 1. The lowest BCUT2D eigenvalue weighted by Crippen LogP contribution is -2.36. The summed E-state index contributed by atoms with van der Waals surface area (Å²) in [6.45, 7) is 3.14. The third-order valence-electron chi connectivity index (χ3n) is 5.23. The average molecular weight is 399 g/mol. The van der Waals surface area contributed by atoms with E-state index in [9.17, 15) is 4.79 Å². The second-order valence-electron chi connectivity index (χ2n) is 7.15. The van der Waals surface area contributed by atoms with E-state index in [0.717, 1.165) is 54.5 Å². The van der Waals surface area contributed by atoms with Gasteiger partial charge in [0.1, 0.15) is 11.6 Å². The Kier molecular flexibility index (Phi) is 4.86. The first-order valence-electron chi connectivity index (χ1n) is 9.90. The molecule has 0 bridgehead atoms. The number of nitrogens with one attached hydrogen (secondary N) is 2. The van der Waals surface area contributed by atoms with Crippen molar-refractivity contribution < 1.29 is 9.53 Å². The molecule has 0 aliphatic carbocycles. The third-order valence-corrected chi connectivity index (χ3v) is 5.23. The minimum absolute atomic E-state index is 0.173. The standard InChI is InChI=1S/C23H21N5O2/c29-23-20(15-24-18-6-7-21(25-14-18)28-8-10-30-11-9-28)19-12-17(13-26-22(19)27-23)16-4-2-1-3-5-16/h1-7,12-15,24H,8-11H2,(H,26,27,29). The number of rotatable bonds is 4. The minimum Gasteiger partial charge on any atom is -0.378 e. The quantitative estimate of drug-likeness (QED) is 0.655. The number of pyridine rings is 2. The highest BCUT2D eigenvalue weighted by Crippen LogP contribution is 2.33. The number of anilines is 3. The van der Waals surface area contributed by atoms with Gasteiger partial charge < -0.3 is 20.3 Å². The van der Waals surface area contributed by atoms with Crippen LogP contribution in [0.4, 0.5) is 17.3 Å². The van der Waals surface area contributed by atoms with E-state index < -0.39 is 0 Å². The Balaban J connectivity index is 1.36. The van der Waals surface area contributed by atoms with Crippen LogP contribution in [-0.2, 0) is 9.53 Å². The largest absolute Gasteiger partial charge is 0.378 e. The van der Waals surface area contributed by atoms with Crippen LogP contribution in [0.2, 0.25) is 0 Å². The molecule has 5 rings (SSSR count). The Hall–Kier alpha value is -3.71. The van der Waals surface area contributed by atoms with Crippen LogP contribution in [0.25, 0.3) is 16.7 Å². The number of hydrogen-bond donors (Lipinski definition) is 2. The van der Waals surface area contributed by atoms with Crippen LogP contribution in [0.15, 0.2) is 67.1 Å². The molecule has 1 fully saturated rings. The van der Waals surface area contributed by atoms with E-state index in [1.54, 1.807) is 18.6 Å². The molecule has 2 N–H and O–H groups in total. The molecule has 0 radical (unpaired) electrons. The predicted octanol–water partition coefficient (Wildman–Crippen LogP) is 3.39. The van der Waals surface area contributed by atoms with Crippen LogP contribution >= 0.6 is 0 Å². The molecule has 7 heteroatoms. The molecule has 150 valence electrons. The summed E-state index contributed by atoms with van der Waals surface area (Å²) in [5, 5.41) is 6.01. The molecule has 3 aromatic rings. The first kappa shape index (κ1) is 18.3. The lowest BCUT2D eigenvalue weighted by Gasteiger charge is -2.27. The van der Waals surface area contributed by atoms with E-state index in [0.29, 0.717) is 11.4 Å². The Morgan fingerprint density at radius 1 is 1.00 bits per heavy atom. The average Bonchev–Trinajstić information content (AvgIpc) is 3.13. The van der Waals surface area contributed by atoms with Gasteiger partial charge in [-0.2, -0.15) is 0 Å². The van der Waals surface area contributed by atoms with Gasteiger partial charge in [-0.3, -0.25) is 4.79 Å². The molecule has 7 nitrogen and oxygen atoms in total. The number of amides is 1. The molecular weight excluding hydrogens is 378 g/mol. The van der Waals surface area contributed by atoms with Gasteiger partial charge >= 0.3 is 0 Å². The second kappa shape index (κ2) is 7.96. The van der Waals surface area contributed by atoms with Crippen LogP contribution in [0.3, 0.4) is 0 Å². The van der Waals surface area contributed by atoms with E-state index in [1.165, 1.54) is 0 Å². The normalized spacial score (nSPS) is 17.0. The first-order chi connectivity index (χ1) is 14.8. The maximum atomic E-state index is 12.5. The van der Waals surface area contributed by atoms with Crippen molar-refractivity contribution >= 4 is 28.8 Å². The maximum absolute atomic E-state index is 12.5. The minimum atomic E-state index is -0.173. The molecule has 2 aliphatic rings. The van der Waals surface area contributed by atoms with Crippen LogP contribution in [-0.4, -0.2) is 42.2 Å². The van der Waals surface area contributed by atoms with Crippen LogP contribution in [0.5, 0.6) is 0 Å². The molecule has 30 heavy (non-hydrogen) atoms. The van der Waals surface area contributed by atoms with Crippen LogP contribution < -0.4 is 15.5 Å². The second-order valence-corrected chi connectivity index (χ2v) is 7.15. The number of aromatic nitrogens is 2. The Labute approximate surface area is 174 Å². The number of carbonyl (C=O) groups excluding carboxylic acids is 1. The van der Waals surface area contributed by atoms with Gasteiger partial charge in [-0.25, -0.2) is 9.97 Å². The van der Waals surface area contributed by atoms with Crippen molar-refractivity contribution in [3.8, 4) is 11.1 Å². The fourth-order valence-electron chi connectivity index (χ4n) is 3.61. The molecule has 0 atom stereocenters. The summed E-state index contributed by atoms with van der Waals surface area (Å²) in [4.78, 5) is 23.6. The zero-order valence-corrected chi connectivity index (χ0v) is 16.3. The number of carbonyl (C=O) groups is 1. The number of morpholine rings is 1. The van der Waals surface area contributed by atoms with Crippen LogP contribution in [0.1, 0.15) is 5.56 Å². The molecular formula is C23H21N5O2. The molecule has 2 aliphatic heterocycles. The highest BCUT2D eigenvalue weighted by atomic mass is 16.5. The van der Waals surface area contributed by atoms with Gasteiger partial charge in [-0.05, 0) is 23.8 Å². The van der Waals surface area contributed by atoms with Crippen molar-refractivity contribution in [3.63, 3.8) is 0 Å². The summed E-state index contributed by atoms with van der Waals surface area (Å²) >= 11 is 0. The third kappa shape index (κ3) is 3.62. The van der Waals surface area contributed by atoms with Gasteiger partial charge in [0.15, 0.2) is 0 Å². The van der Waals surface area contributed by atoms with Gasteiger partial charge in [0, 0.05) is 36.6 Å². The van der Waals surface area contributed by atoms with E-state index >= 15 is 0 Å². The molecule has 0 saturated carbocycles. The summed E-state index contributed by atoms with van der Waals surface area (Å²) in [7, 11) is 0. The fraction of sp³-hybridized carbons (Fsp3) is 0.174. The summed E-state index contributed by atoms with van der Waals surface area (Å²) < 4.78 is 5.38. The molecule has 1 amide bonds. The summed E-state index contributed by atoms with van der Waals surface area (Å²) in [5.41, 5.74) is 4.17. The number of hydrogen-bond acceptors (Lipinski definition) is 6. The van der Waals surface area contributed by atoms with Gasteiger partial charge in [0.2, 0.25) is 0 Å². The van der Waals surface area contributed by atoms with Crippen molar-refractivity contribution in [1.82, 2.24) is 9.97 Å². The molecule has 1 aromatic carbocycles. The predicted molar refractivity (Wildman–Crippen MR) is 117 cm³/mol. The van der Waals surface area contributed by atoms with Crippen molar-refractivity contribution in [2.24, 2.45) is 0 Å². The summed E-state index contributed by atoms with van der Waals surface area (Å²) in [6, 6.07) is 15.9. The molecule has 1 saturated heterocycles. The van der Waals surface area contributed by atoms with Gasteiger partial charge in [-0.1, -0.05) is 30.3 Å². The van der Waals surface area contributed by atoms with E-state index in [1.807, 2.05) is 48.5 Å². The number of ether oxygens (including phenoxy) is 1. The van der Waals surface area contributed by atoms with Crippen molar-refractivity contribution in [3.05, 3.63) is 72.7 Å². The van der Waals surface area contributed by atoms with Crippen molar-refractivity contribution in [2.45, 2.75) is 0 Å². The Morgan fingerprint density at radius 2 is 1.83 bits per heavy atom. The number of benzene rings is 1. The number of nitrogens with zero attached hydrogens (tertiary/aromatic N) is 3. The SMILES string of the molecule is O=C1Nc2ncc(-c3ccccc3)cc2C1=CNc1ccc(N2CCOCC2)nc1. The van der Waals surface area contributed by atoms with E-state index in [4.69, 9.17) is 4.74 Å². The van der Waals surface area contributed by atoms with Gasteiger partial charge in [0.25, 0.3) is 5.91 Å². The lowest BCUT2D eigenvalue weighted by molar-refractivity contribution is -0.110. The van der Waals surface area contributed by atoms with Gasteiger partial charge in [-0.15, -0.1) is 0 Å².